The Bertz CT molecular complexity index is 813. The maximum Gasteiger partial charge on any atom is 0.282 e. The number of hydrogen-bond donors (Lipinski definition) is 1. The number of anilines is 1. The standard InChI is InChI=1S/C15H10ClFN2O3/c1-8-2-4-10(22-8)7-11-14(20)18-19(15(11)21)9-3-5-13(17)12(16)6-9/h2-7H,1H3,(H,18,20)/b11-7-. The largest absolute Gasteiger partial charge is 0.462 e. The lowest BCUT2D eigenvalue weighted by atomic mass is 10.2. The average Bonchev–Trinajstić information content (AvgIpc) is 3.00. The molecule has 2 heterocycles. The molecule has 1 aromatic carbocycles. The number of halogens is 2. The fraction of sp³-hybridized carbons (Fsp3) is 0.0667. The maximum atomic E-state index is 13.2. The molecule has 0 unspecified atom stereocenters. The van der Waals surface area contributed by atoms with Crippen LogP contribution in [0.25, 0.3) is 6.08 Å². The Morgan fingerprint density at radius 3 is 2.68 bits per heavy atom. The predicted molar refractivity (Wildman–Crippen MR) is 78.5 cm³/mol. The number of nitrogens with one attached hydrogen (secondary N) is 1. The highest BCUT2D eigenvalue weighted by Gasteiger charge is 2.35. The molecule has 2 aromatic rings. The van der Waals surface area contributed by atoms with Gasteiger partial charge in [0.2, 0.25) is 0 Å². The minimum absolute atomic E-state index is 0.0743. The zero-order valence-corrected chi connectivity index (χ0v) is 12.1. The number of amides is 2. The van der Waals surface area contributed by atoms with Crippen molar-refractivity contribution in [2.24, 2.45) is 0 Å². The molecule has 1 N–H and O–H groups in total. The van der Waals surface area contributed by atoms with Crippen molar-refractivity contribution in [2.45, 2.75) is 6.92 Å². The Hall–Kier alpha value is -2.60. The Labute approximate surface area is 129 Å². The fourth-order valence-electron chi connectivity index (χ4n) is 2.04. The van der Waals surface area contributed by atoms with Gasteiger partial charge in [-0.15, -0.1) is 0 Å². The van der Waals surface area contributed by atoms with E-state index < -0.39 is 17.6 Å². The highest BCUT2D eigenvalue weighted by atomic mass is 35.5. The van der Waals surface area contributed by atoms with E-state index in [1.54, 1.807) is 19.1 Å². The van der Waals surface area contributed by atoms with Gasteiger partial charge in [0.1, 0.15) is 22.9 Å². The molecule has 7 heteroatoms. The number of hydrogen-bond acceptors (Lipinski definition) is 3. The summed E-state index contributed by atoms with van der Waals surface area (Å²) in [7, 11) is 0. The molecule has 2 amide bonds. The SMILES string of the molecule is Cc1ccc(/C=C2/C(=O)NN(c3ccc(F)c(Cl)c3)C2=O)o1. The van der Waals surface area contributed by atoms with Crippen LogP contribution in [0.3, 0.4) is 0 Å². The number of aryl methyl sites for hydroxylation is 1. The lowest BCUT2D eigenvalue weighted by molar-refractivity contribution is -0.117. The summed E-state index contributed by atoms with van der Waals surface area (Å²) in [4.78, 5) is 24.3. The molecule has 0 atom stereocenters. The molecule has 1 saturated heterocycles. The summed E-state index contributed by atoms with van der Waals surface area (Å²) in [6.45, 7) is 1.76. The van der Waals surface area contributed by atoms with E-state index in [0.29, 0.717) is 11.5 Å². The first-order chi connectivity index (χ1) is 10.5. The van der Waals surface area contributed by atoms with Crippen molar-refractivity contribution < 1.29 is 18.4 Å². The van der Waals surface area contributed by atoms with Crippen LogP contribution in [0.5, 0.6) is 0 Å². The maximum absolute atomic E-state index is 13.2. The number of carbonyl (C=O) groups excluding carboxylic acids is 2. The topological polar surface area (TPSA) is 62.6 Å². The number of carbonyl (C=O) groups is 2. The molecule has 5 nitrogen and oxygen atoms in total. The van der Waals surface area contributed by atoms with Gasteiger partial charge in [-0.2, -0.15) is 0 Å². The number of rotatable bonds is 2. The number of nitrogens with zero attached hydrogens (tertiary/aromatic N) is 1. The minimum atomic E-state index is -0.606. The van der Waals surface area contributed by atoms with Crippen LogP contribution in [0.1, 0.15) is 11.5 Å². The normalized spacial score (nSPS) is 16.5. The lowest BCUT2D eigenvalue weighted by Crippen LogP contribution is -2.35. The van der Waals surface area contributed by atoms with Crippen LogP contribution in [0.15, 0.2) is 40.3 Å². The van der Waals surface area contributed by atoms with Crippen molar-refractivity contribution in [1.82, 2.24) is 5.43 Å². The van der Waals surface area contributed by atoms with Crippen LogP contribution in [0, 0.1) is 12.7 Å². The molecule has 3 rings (SSSR count). The second-order valence-corrected chi connectivity index (χ2v) is 5.09. The molecule has 1 aliphatic rings. The second-order valence-electron chi connectivity index (χ2n) is 4.69. The summed E-state index contributed by atoms with van der Waals surface area (Å²) < 4.78 is 18.5. The van der Waals surface area contributed by atoms with E-state index in [1.807, 2.05) is 0 Å². The molecular weight excluding hydrogens is 311 g/mol. The average molecular weight is 321 g/mol. The summed E-state index contributed by atoms with van der Waals surface area (Å²) in [5.41, 5.74) is 2.59. The summed E-state index contributed by atoms with van der Waals surface area (Å²) in [5.74, 6) is -0.679. The highest BCUT2D eigenvalue weighted by Crippen LogP contribution is 2.26. The molecule has 1 aromatic heterocycles. The Balaban J connectivity index is 1.94. The summed E-state index contributed by atoms with van der Waals surface area (Å²) >= 11 is 5.69. The van der Waals surface area contributed by atoms with Gasteiger partial charge in [0.05, 0.1) is 10.7 Å². The molecule has 1 aliphatic heterocycles. The van der Waals surface area contributed by atoms with Crippen molar-refractivity contribution in [3.8, 4) is 0 Å². The van der Waals surface area contributed by atoms with Gasteiger partial charge in [0.25, 0.3) is 11.8 Å². The molecule has 22 heavy (non-hydrogen) atoms. The van der Waals surface area contributed by atoms with Crippen molar-refractivity contribution in [3.63, 3.8) is 0 Å². The molecule has 0 spiro atoms. The zero-order valence-electron chi connectivity index (χ0n) is 11.4. The van der Waals surface area contributed by atoms with Crippen LogP contribution >= 0.6 is 11.6 Å². The summed E-state index contributed by atoms with van der Waals surface area (Å²) in [5, 5.41) is 0.869. The summed E-state index contributed by atoms with van der Waals surface area (Å²) in [6, 6.07) is 7.10. The lowest BCUT2D eigenvalue weighted by Gasteiger charge is -2.14. The van der Waals surface area contributed by atoms with E-state index >= 15 is 0 Å². The van der Waals surface area contributed by atoms with Crippen molar-refractivity contribution in [2.75, 3.05) is 5.01 Å². The van der Waals surface area contributed by atoms with E-state index in [1.165, 1.54) is 18.2 Å². The molecule has 0 bridgehead atoms. The van der Waals surface area contributed by atoms with E-state index in [4.69, 9.17) is 16.0 Å². The van der Waals surface area contributed by atoms with Gasteiger partial charge in [-0.1, -0.05) is 11.6 Å². The van der Waals surface area contributed by atoms with Crippen molar-refractivity contribution >= 4 is 35.2 Å². The first-order valence-electron chi connectivity index (χ1n) is 6.34. The monoisotopic (exact) mass is 320 g/mol. The number of benzene rings is 1. The third-order valence-electron chi connectivity index (χ3n) is 3.10. The Morgan fingerprint density at radius 1 is 1.27 bits per heavy atom. The number of hydrazine groups is 1. The predicted octanol–water partition coefficient (Wildman–Crippen LogP) is 2.84. The van der Waals surface area contributed by atoms with Crippen LogP contribution < -0.4 is 10.4 Å². The van der Waals surface area contributed by atoms with E-state index in [2.05, 4.69) is 5.43 Å². The second kappa shape index (κ2) is 5.31. The van der Waals surface area contributed by atoms with Crippen LogP contribution in [-0.2, 0) is 9.59 Å². The van der Waals surface area contributed by atoms with E-state index in [9.17, 15) is 14.0 Å². The van der Waals surface area contributed by atoms with Gasteiger partial charge in [-0.3, -0.25) is 15.0 Å². The van der Waals surface area contributed by atoms with E-state index in [0.717, 1.165) is 11.1 Å². The smallest absolute Gasteiger partial charge is 0.282 e. The van der Waals surface area contributed by atoms with Gasteiger partial charge in [-0.25, -0.2) is 9.40 Å². The van der Waals surface area contributed by atoms with Crippen LogP contribution in [0.2, 0.25) is 5.02 Å². The Morgan fingerprint density at radius 2 is 2.05 bits per heavy atom. The number of furan rings is 1. The molecule has 1 fully saturated rings. The molecular formula is C15H10ClFN2O3. The van der Waals surface area contributed by atoms with Gasteiger partial charge >= 0.3 is 0 Å². The molecule has 0 radical (unpaired) electrons. The van der Waals surface area contributed by atoms with Gasteiger partial charge in [0, 0.05) is 0 Å². The Kier molecular flexibility index (Phi) is 3.46. The van der Waals surface area contributed by atoms with Gasteiger partial charge in [-0.05, 0) is 43.3 Å². The third kappa shape index (κ3) is 2.48. The summed E-state index contributed by atoms with van der Waals surface area (Å²) in [6.07, 6.45) is 1.36. The van der Waals surface area contributed by atoms with Crippen LogP contribution in [0.4, 0.5) is 10.1 Å². The van der Waals surface area contributed by atoms with E-state index in [-0.39, 0.29) is 16.3 Å². The molecule has 0 saturated carbocycles. The fourth-order valence-corrected chi connectivity index (χ4v) is 2.21. The molecule has 112 valence electrons. The van der Waals surface area contributed by atoms with Gasteiger partial charge < -0.3 is 4.42 Å². The minimum Gasteiger partial charge on any atom is -0.462 e. The zero-order chi connectivity index (χ0) is 15.9. The van der Waals surface area contributed by atoms with Crippen molar-refractivity contribution in [3.05, 3.63) is 58.3 Å². The van der Waals surface area contributed by atoms with Crippen LogP contribution in [-0.4, -0.2) is 11.8 Å². The van der Waals surface area contributed by atoms with Crippen molar-refractivity contribution in [1.29, 1.82) is 0 Å². The quantitative estimate of drug-likeness (QED) is 0.683. The highest BCUT2D eigenvalue weighted by molar-refractivity contribution is 6.33. The first-order valence-corrected chi connectivity index (χ1v) is 6.72. The molecule has 0 aliphatic carbocycles. The third-order valence-corrected chi connectivity index (χ3v) is 3.39. The first kappa shape index (κ1) is 14.3. The van der Waals surface area contributed by atoms with Gasteiger partial charge in [0.15, 0.2) is 0 Å².